The first-order valence-electron chi connectivity index (χ1n) is 5.90. The van der Waals surface area contributed by atoms with Gasteiger partial charge in [-0.1, -0.05) is 0 Å². The molecule has 1 amide bonds. The molecule has 1 rings (SSSR count). The Bertz CT molecular complexity index is 576. The minimum absolute atomic E-state index is 0.0201. The van der Waals surface area contributed by atoms with Gasteiger partial charge in [0.2, 0.25) is 21.5 Å². The fourth-order valence-corrected chi connectivity index (χ4v) is 2.33. The van der Waals surface area contributed by atoms with E-state index in [4.69, 9.17) is 4.74 Å². The summed E-state index contributed by atoms with van der Waals surface area (Å²) < 4.78 is 30.6. The summed E-state index contributed by atoms with van der Waals surface area (Å²) in [6, 6.07) is 2.31. The van der Waals surface area contributed by atoms with E-state index in [0.717, 1.165) is 12.3 Å². The topological polar surface area (TPSA) is 117 Å². The van der Waals surface area contributed by atoms with Crippen LogP contribution in [0.5, 0.6) is 0 Å². The Balaban J connectivity index is 2.42. The van der Waals surface area contributed by atoms with Crippen LogP contribution in [-0.4, -0.2) is 46.1 Å². The number of carbonyl (C=O) groups excluding carboxylic acids is 1. The molecule has 1 aromatic rings. The average molecular weight is 303 g/mol. The molecule has 1 heterocycles. The second kappa shape index (κ2) is 7.78. The van der Waals surface area contributed by atoms with E-state index in [0.29, 0.717) is 13.2 Å². The van der Waals surface area contributed by atoms with E-state index < -0.39 is 10.0 Å². The molecule has 0 saturated carbocycles. The van der Waals surface area contributed by atoms with E-state index in [9.17, 15) is 18.0 Å². The maximum absolute atomic E-state index is 11.8. The van der Waals surface area contributed by atoms with E-state index in [1.54, 1.807) is 0 Å². The van der Waals surface area contributed by atoms with Crippen LogP contribution in [0, 0.1) is 0 Å². The third-order valence-corrected chi connectivity index (χ3v) is 3.80. The molecule has 0 saturated heterocycles. The highest BCUT2D eigenvalue weighted by molar-refractivity contribution is 7.89. The fraction of sp³-hybridized carbons (Fsp3) is 0.455. The molecule has 9 heteroatoms. The molecular formula is C11H17N3O5S. The lowest BCUT2D eigenvalue weighted by atomic mass is 10.4. The number of ether oxygens (including phenoxy) is 1. The number of carbonyl (C=O) groups is 1. The number of hydrogen-bond donors (Lipinski definition) is 3. The molecule has 0 aromatic carbocycles. The zero-order chi connectivity index (χ0) is 15.0. The Hall–Kier alpha value is -1.71. The molecule has 0 atom stereocenters. The van der Waals surface area contributed by atoms with Crippen molar-refractivity contribution in [1.29, 1.82) is 0 Å². The number of sulfonamides is 1. The van der Waals surface area contributed by atoms with Gasteiger partial charge in [0.1, 0.15) is 0 Å². The molecule has 0 fully saturated rings. The Labute approximate surface area is 116 Å². The molecule has 0 aliphatic rings. The molecule has 0 aliphatic carbocycles. The standard InChI is InChI=1S/C11H17N3O5S/c1-19-7-6-12-11(16)4-5-14-20(17,18)9-2-3-10(15)13-8-9/h2-3,8,14H,4-7H2,1H3,(H,12,16)(H,13,15). The van der Waals surface area contributed by atoms with Gasteiger partial charge in [0.25, 0.3) is 0 Å². The number of aromatic amines is 1. The molecule has 3 N–H and O–H groups in total. The van der Waals surface area contributed by atoms with Crippen molar-refractivity contribution >= 4 is 15.9 Å². The lowest BCUT2D eigenvalue weighted by Gasteiger charge is -2.07. The molecule has 0 bridgehead atoms. The van der Waals surface area contributed by atoms with E-state index in [1.165, 1.54) is 13.2 Å². The summed E-state index contributed by atoms with van der Waals surface area (Å²) in [5.41, 5.74) is -0.388. The SMILES string of the molecule is COCCNC(=O)CCNS(=O)(=O)c1ccc(=O)[nH]c1. The predicted molar refractivity (Wildman–Crippen MR) is 71.8 cm³/mol. The highest BCUT2D eigenvalue weighted by Crippen LogP contribution is 2.03. The van der Waals surface area contributed by atoms with Crippen molar-refractivity contribution in [2.45, 2.75) is 11.3 Å². The number of hydrogen-bond acceptors (Lipinski definition) is 5. The minimum Gasteiger partial charge on any atom is -0.383 e. The summed E-state index contributed by atoms with van der Waals surface area (Å²) in [7, 11) is -2.20. The Kier molecular flexibility index (Phi) is 6.36. The van der Waals surface area contributed by atoms with Crippen LogP contribution in [0.3, 0.4) is 0 Å². The van der Waals surface area contributed by atoms with Crippen molar-refractivity contribution in [1.82, 2.24) is 15.0 Å². The molecule has 0 spiro atoms. The Morgan fingerprint density at radius 1 is 1.35 bits per heavy atom. The molecule has 0 aliphatic heterocycles. The number of nitrogens with one attached hydrogen (secondary N) is 3. The maximum Gasteiger partial charge on any atom is 0.247 e. The number of pyridine rings is 1. The normalized spacial score (nSPS) is 11.2. The number of methoxy groups -OCH3 is 1. The van der Waals surface area contributed by atoms with Crippen LogP contribution in [0.1, 0.15) is 6.42 Å². The van der Waals surface area contributed by atoms with Crippen LogP contribution in [0.15, 0.2) is 28.0 Å². The van der Waals surface area contributed by atoms with E-state index >= 15 is 0 Å². The third-order valence-electron chi connectivity index (χ3n) is 2.34. The molecule has 112 valence electrons. The lowest BCUT2D eigenvalue weighted by Crippen LogP contribution is -2.32. The van der Waals surface area contributed by atoms with Crippen molar-refractivity contribution in [2.24, 2.45) is 0 Å². The minimum atomic E-state index is -3.72. The van der Waals surface area contributed by atoms with Gasteiger partial charge >= 0.3 is 0 Å². The van der Waals surface area contributed by atoms with Crippen LogP contribution in [0.4, 0.5) is 0 Å². The van der Waals surface area contributed by atoms with Crippen molar-refractivity contribution in [2.75, 3.05) is 26.8 Å². The lowest BCUT2D eigenvalue weighted by molar-refractivity contribution is -0.121. The van der Waals surface area contributed by atoms with Gasteiger partial charge in [0, 0.05) is 38.9 Å². The molecule has 0 unspecified atom stereocenters. The summed E-state index contributed by atoms with van der Waals surface area (Å²) in [6.45, 7) is 0.747. The largest absolute Gasteiger partial charge is 0.383 e. The zero-order valence-electron chi connectivity index (χ0n) is 11.0. The molecule has 1 aromatic heterocycles. The monoisotopic (exact) mass is 303 g/mol. The maximum atomic E-state index is 11.8. The van der Waals surface area contributed by atoms with Gasteiger partial charge in [-0.2, -0.15) is 0 Å². The van der Waals surface area contributed by atoms with Gasteiger partial charge in [-0.15, -0.1) is 0 Å². The van der Waals surface area contributed by atoms with Crippen molar-refractivity contribution in [3.05, 3.63) is 28.7 Å². The van der Waals surface area contributed by atoms with Crippen LogP contribution in [-0.2, 0) is 19.6 Å². The van der Waals surface area contributed by atoms with Crippen LogP contribution >= 0.6 is 0 Å². The molecular weight excluding hydrogens is 286 g/mol. The van der Waals surface area contributed by atoms with Gasteiger partial charge in [0.15, 0.2) is 0 Å². The van der Waals surface area contributed by atoms with Gasteiger partial charge < -0.3 is 15.0 Å². The zero-order valence-corrected chi connectivity index (χ0v) is 11.8. The number of rotatable bonds is 8. The van der Waals surface area contributed by atoms with E-state index in [2.05, 4.69) is 15.0 Å². The van der Waals surface area contributed by atoms with Gasteiger partial charge in [-0.25, -0.2) is 13.1 Å². The summed E-state index contributed by atoms with van der Waals surface area (Å²) in [6.07, 6.45) is 1.12. The fourth-order valence-electron chi connectivity index (χ4n) is 1.33. The Morgan fingerprint density at radius 3 is 2.70 bits per heavy atom. The van der Waals surface area contributed by atoms with Crippen LogP contribution in [0.2, 0.25) is 0 Å². The number of H-pyrrole nitrogens is 1. The third kappa shape index (κ3) is 5.51. The highest BCUT2D eigenvalue weighted by Gasteiger charge is 2.13. The average Bonchev–Trinajstić information content (AvgIpc) is 2.39. The van der Waals surface area contributed by atoms with E-state index in [-0.39, 0.29) is 29.3 Å². The number of amides is 1. The summed E-state index contributed by atoms with van der Waals surface area (Å²) in [5.74, 6) is -0.272. The number of aromatic nitrogens is 1. The van der Waals surface area contributed by atoms with Gasteiger partial charge in [-0.05, 0) is 6.07 Å². The van der Waals surface area contributed by atoms with Gasteiger partial charge in [-0.3, -0.25) is 9.59 Å². The van der Waals surface area contributed by atoms with Crippen molar-refractivity contribution in [3.8, 4) is 0 Å². The van der Waals surface area contributed by atoms with Gasteiger partial charge in [0.05, 0.1) is 11.5 Å². The second-order valence-electron chi connectivity index (χ2n) is 3.88. The summed E-state index contributed by atoms with van der Waals surface area (Å²) >= 11 is 0. The van der Waals surface area contributed by atoms with Crippen molar-refractivity contribution < 1.29 is 17.9 Å². The van der Waals surface area contributed by atoms with Crippen LogP contribution < -0.4 is 15.6 Å². The molecule has 0 radical (unpaired) electrons. The Morgan fingerprint density at radius 2 is 2.10 bits per heavy atom. The smallest absolute Gasteiger partial charge is 0.247 e. The van der Waals surface area contributed by atoms with E-state index in [1.807, 2.05) is 0 Å². The molecule has 8 nitrogen and oxygen atoms in total. The first-order chi connectivity index (χ1) is 9.45. The van der Waals surface area contributed by atoms with Crippen molar-refractivity contribution in [3.63, 3.8) is 0 Å². The predicted octanol–water partition coefficient (Wildman–Crippen LogP) is -1.19. The van der Waals surface area contributed by atoms with Crippen LogP contribution in [0.25, 0.3) is 0 Å². The first kappa shape index (κ1) is 16.3. The summed E-state index contributed by atoms with van der Waals surface area (Å²) in [4.78, 5) is 24.4. The first-order valence-corrected chi connectivity index (χ1v) is 7.38. The summed E-state index contributed by atoms with van der Waals surface area (Å²) in [5, 5.41) is 2.57. The highest BCUT2D eigenvalue weighted by atomic mass is 32.2. The quantitative estimate of drug-likeness (QED) is 0.522. The molecule has 20 heavy (non-hydrogen) atoms. The second-order valence-corrected chi connectivity index (χ2v) is 5.65.